The van der Waals surface area contributed by atoms with Crippen LogP contribution in [0.15, 0.2) is 12.1 Å². The molecule has 0 saturated heterocycles. The standard InChI is InChI=1S/C12H19NO/c1-3-5-6-10-7-11(4-2)13-12(8-10)9-14/h7-8,14H,3-6,9H2,1-2H3. The fourth-order valence-corrected chi connectivity index (χ4v) is 1.51. The molecule has 0 saturated carbocycles. The molecule has 0 aliphatic carbocycles. The number of aliphatic hydroxyl groups excluding tert-OH is 1. The maximum absolute atomic E-state index is 9.04. The van der Waals surface area contributed by atoms with Crippen molar-refractivity contribution in [3.63, 3.8) is 0 Å². The van der Waals surface area contributed by atoms with Crippen molar-refractivity contribution < 1.29 is 5.11 Å². The van der Waals surface area contributed by atoms with E-state index >= 15 is 0 Å². The Labute approximate surface area is 86.0 Å². The van der Waals surface area contributed by atoms with Crippen molar-refractivity contribution >= 4 is 0 Å². The van der Waals surface area contributed by atoms with Crippen molar-refractivity contribution in [1.82, 2.24) is 4.98 Å². The summed E-state index contributed by atoms with van der Waals surface area (Å²) in [6.45, 7) is 4.33. The van der Waals surface area contributed by atoms with Crippen LogP contribution in [0, 0.1) is 0 Å². The van der Waals surface area contributed by atoms with E-state index in [1.54, 1.807) is 0 Å². The third-order valence-electron chi connectivity index (χ3n) is 2.33. The first-order chi connectivity index (χ1) is 6.80. The van der Waals surface area contributed by atoms with Gasteiger partial charge in [-0.15, -0.1) is 0 Å². The highest BCUT2D eigenvalue weighted by Gasteiger charge is 2.00. The monoisotopic (exact) mass is 193 g/mol. The molecule has 0 aliphatic rings. The van der Waals surface area contributed by atoms with Crippen molar-refractivity contribution in [3.05, 3.63) is 29.1 Å². The van der Waals surface area contributed by atoms with Gasteiger partial charge in [-0.1, -0.05) is 20.3 Å². The Balaban J connectivity index is 2.81. The number of unbranched alkanes of at least 4 members (excludes halogenated alkanes) is 1. The molecule has 1 heterocycles. The van der Waals surface area contributed by atoms with Gasteiger partial charge in [0.25, 0.3) is 0 Å². The molecule has 0 bridgehead atoms. The van der Waals surface area contributed by atoms with Crippen LogP contribution in [-0.4, -0.2) is 10.1 Å². The first kappa shape index (κ1) is 11.2. The second-order valence-electron chi connectivity index (χ2n) is 3.57. The largest absolute Gasteiger partial charge is 0.390 e. The summed E-state index contributed by atoms with van der Waals surface area (Å²) in [5, 5.41) is 9.04. The molecule has 2 nitrogen and oxygen atoms in total. The van der Waals surface area contributed by atoms with E-state index in [1.807, 2.05) is 6.07 Å². The molecule has 0 unspecified atom stereocenters. The van der Waals surface area contributed by atoms with Crippen molar-refractivity contribution in [1.29, 1.82) is 0 Å². The lowest BCUT2D eigenvalue weighted by Crippen LogP contribution is -1.98. The Kier molecular flexibility index (Phi) is 4.60. The van der Waals surface area contributed by atoms with Gasteiger partial charge in [-0.05, 0) is 37.0 Å². The maximum Gasteiger partial charge on any atom is 0.0853 e. The zero-order chi connectivity index (χ0) is 10.4. The average Bonchev–Trinajstić information content (AvgIpc) is 2.25. The topological polar surface area (TPSA) is 33.1 Å². The van der Waals surface area contributed by atoms with Gasteiger partial charge < -0.3 is 5.11 Å². The quantitative estimate of drug-likeness (QED) is 0.779. The van der Waals surface area contributed by atoms with Crippen molar-refractivity contribution in [3.8, 4) is 0 Å². The Bertz CT molecular complexity index is 261. The molecule has 0 fully saturated rings. The highest BCUT2D eigenvalue weighted by Crippen LogP contribution is 2.10. The van der Waals surface area contributed by atoms with E-state index in [1.165, 1.54) is 18.4 Å². The Hall–Kier alpha value is -0.890. The third-order valence-corrected chi connectivity index (χ3v) is 2.33. The summed E-state index contributed by atoms with van der Waals surface area (Å²) >= 11 is 0. The lowest BCUT2D eigenvalue weighted by molar-refractivity contribution is 0.276. The van der Waals surface area contributed by atoms with Crippen LogP contribution in [0.25, 0.3) is 0 Å². The fourth-order valence-electron chi connectivity index (χ4n) is 1.51. The normalized spacial score (nSPS) is 10.5. The molecule has 1 N–H and O–H groups in total. The third kappa shape index (κ3) is 3.11. The summed E-state index contributed by atoms with van der Waals surface area (Å²) in [5.41, 5.74) is 3.20. The Morgan fingerprint density at radius 2 is 1.93 bits per heavy atom. The lowest BCUT2D eigenvalue weighted by Gasteiger charge is -2.05. The van der Waals surface area contributed by atoms with Gasteiger partial charge in [0.2, 0.25) is 0 Å². The number of aryl methyl sites for hydroxylation is 2. The minimum Gasteiger partial charge on any atom is -0.390 e. The predicted octanol–water partition coefficient (Wildman–Crippen LogP) is 2.48. The van der Waals surface area contributed by atoms with Crippen LogP contribution in [0.2, 0.25) is 0 Å². The van der Waals surface area contributed by atoms with Gasteiger partial charge in [0.15, 0.2) is 0 Å². The molecule has 1 aromatic rings. The van der Waals surface area contributed by atoms with Crippen LogP contribution in [0.3, 0.4) is 0 Å². The molecule has 0 aliphatic heterocycles. The highest BCUT2D eigenvalue weighted by molar-refractivity contribution is 5.21. The minimum atomic E-state index is 0.0486. The molecule has 0 spiro atoms. The van der Waals surface area contributed by atoms with Gasteiger partial charge in [-0.25, -0.2) is 0 Å². The van der Waals surface area contributed by atoms with E-state index in [0.717, 1.165) is 24.2 Å². The number of rotatable bonds is 5. The summed E-state index contributed by atoms with van der Waals surface area (Å²) in [6, 6.07) is 4.16. The second-order valence-corrected chi connectivity index (χ2v) is 3.57. The number of aromatic nitrogens is 1. The molecular weight excluding hydrogens is 174 g/mol. The van der Waals surface area contributed by atoms with Gasteiger partial charge in [0, 0.05) is 5.69 Å². The number of aliphatic hydroxyl groups is 1. The molecule has 1 rings (SSSR count). The van der Waals surface area contributed by atoms with Crippen LogP contribution < -0.4 is 0 Å². The Morgan fingerprint density at radius 1 is 1.21 bits per heavy atom. The smallest absolute Gasteiger partial charge is 0.0853 e. The zero-order valence-corrected chi connectivity index (χ0v) is 9.08. The summed E-state index contributed by atoms with van der Waals surface area (Å²) in [4.78, 5) is 4.33. The van der Waals surface area contributed by atoms with Crippen molar-refractivity contribution in [2.75, 3.05) is 0 Å². The predicted molar refractivity (Wildman–Crippen MR) is 58.1 cm³/mol. The van der Waals surface area contributed by atoms with Crippen LogP contribution in [0.4, 0.5) is 0 Å². The molecule has 0 radical (unpaired) electrons. The van der Waals surface area contributed by atoms with Gasteiger partial charge >= 0.3 is 0 Å². The maximum atomic E-state index is 9.04. The molecule has 0 aromatic carbocycles. The molecule has 0 atom stereocenters. The van der Waals surface area contributed by atoms with Crippen molar-refractivity contribution in [2.24, 2.45) is 0 Å². The molecular formula is C12H19NO. The summed E-state index contributed by atoms with van der Waals surface area (Å²) in [7, 11) is 0. The molecule has 0 amide bonds. The van der Waals surface area contributed by atoms with Gasteiger partial charge in [0.1, 0.15) is 0 Å². The summed E-state index contributed by atoms with van der Waals surface area (Å²) in [5.74, 6) is 0. The number of pyridine rings is 1. The molecule has 1 aromatic heterocycles. The van der Waals surface area contributed by atoms with Crippen molar-refractivity contribution in [2.45, 2.75) is 46.1 Å². The minimum absolute atomic E-state index is 0.0486. The van der Waals surface area contributed by atoms with E-state index in [9.17, 15) is 0 Å². The van der Waals surface area contributed by atoms with Crippen LogP contribution in [-0.2, 0) is 19.4 Å². The Morgan fingerprint density at radius 3 is 2.50 bits per heavy atom. The summed E-state index contributed by atoms with van der Waals surface area (Å²) in [6.07, 6.45) is 4.45. The van der Waals surface area contributed by atoms with Crippen LogP contribution in [0.5, 0.6) is 0 Å². The first-order valence-corrected chi connectivity index (χ1v) is 5.39. The fraction of sp³-hybridized carbons (Fsp3) is 0.583. The number of hydrogen-bond donors (Lipinski definition) is 1. The molecule has 2 heteroatoms. The first-order valence-electron chi connectivity index (χ1n) is 5.39. The van der Waals surface area contributed by atoms with Gasteiger partial charge in [-0.2, -0.15) is 0 Å². The zero-order valence-electron chi connectivity index (χ0n) is 9.08. The van der Waals surface area contributed by atoms with Crippen LogP contribution in [0.1, 0.15) is 43.6 Å². The molecule has 78 valence electrons. The average molecular weight is 193 g/mol. The van der Waals surface area contributed by atoms with E-state index in [2.05, 4.69) is 24.9 Å². The van der Waals surface area contributed by atoms with Gasteiger partial charge in [0.05, 0.1) is 12.3 Å². The lowest BCUT2D eigenvalue weighted by atomic mass is 10.1. The summed E-state index contributed by atoms with van der Waals surface area (Å²) < 4.78 is 0. The van der Waals surface area contributed by atoms with E-state index < -0.39 is 0 Å². The van der Waals surface area contributed by atoms with E-state index in [4.69, 9.17) is 5.11 Å². The SMILES string of the molecule is CCCCc1cc(CC)nc(CO)c1. The number of hydrogen-bond acceptors (Lipinski definition) is 2. The van der Waals surface area contributed by atoms with E-state index in [-0.39, 0.29) is 6.61 Å². The van der Waals surface area contributed by atoms with Gasteiger partial charge in [-0.3, -0.25) is 4.98 Å². The highest BCUT2D eigenvalue weighted by atomic mass is 16.3. The molecule has 14 heavy (non-hydrogen) atoms. The second kappa shape index (κ2) is 5.76. The number of nitrogens with zero attached hydrogens (tertiary/aromatic N) is 1. The van der Waals surface area contributed by atoms with E-state index in [0.29, 0.717) is 0 Å². The van der Waals surface area contributed by atoms with Crippen LogP contribution >= 0.6 is 0 Å².